The second-order valence-corrected chi connectivity index (χ2v) is 8.55. The second kappa shape index (κ2) is 9.76. The molecule has 3 aromatic carbocycles. The van der Waals surface area contributed by atoms with E-state index < -0.39 is 0 Å². The van der Waals surface area contributed by atoms with Crippen molar-refractivity contribution >= 4 is 39.7 Å². The third kappa shape index (κ3) is 4.84. The van der Waals surface area contributed by atoms with Crippen LogP contribution in [0.4, 0.5) is 5.69 Å². The number of fused-ring (bicyclic) bond motifs is 2. The number of benzene rings is 3. The highest BCUT2D eigenvalue weighted by molar-refractivity contribution is 6.30. The molecular weight excluding hydrogens is 466 g/mol. The fourth-order valence-corrected chi connectivity index (χ4v) is 4.19. The predicted octanol–water partition coefficient (Wildman–Crippen LogP) is 6.97. The van der Waals surface area contributed by atoms with E-state index >= 15 is 0 Å². The number of carbonyl (C=O) groups excluding carboxylic acids is 1. The summed E-state index contributed by atoms with van der Waals surface area (Å²) in [5.41, 5.74) is 4.83. The summed E-state index contributed by atoms with van der Waals surface area (Å²) in [6.45, 7) is 5.29. The largest absolute Gasteiger partial charge is 0.493 e. The minimum atomic E-state index is -0.258. The van der Waals surface area contributed by atoms with Crippen LogP contribution < -0.4 is 19.5 Å². The van der Waals surface area contributed by atoms with E-state index in [1.807, 2.05) is 50.2 Å². The van der Waals surface area contributed by atoms with Gasteiger partial charge in [0.1, 0.15) is 24.5 Å². The number of halogens is 1. The predicted molar refractivity (Wildman–Crippen MR) is 138 cm³/mol. The molecule has 0 unspecified atom stereocenters. The van der Waals surface area contributed by atoms with E-state index in [0.29, 0.717) is 53.4 Å². The molecule has 35 heavy (non-hydrogen) atoms. The molecule has 0 saturated carbocycles. The van der Waals surface area contributed by atoms with Gasteiger partial charge in [-0.25, -0.2) is 0 Å². The first kappa shape index (κ1) is 22.9. The Bertz CT molecular complexity index is 1420. The van der Waals surface area contributed by atoms with Crippen molar-refractivity contribution in [2.75, 3.05) is 25.1 Å². The summed E-state index contributed by atoms with van der Waals surface area (Å²) in [6.07, 6.45) is 3.28. The zero-order chi connectivity index (χ0) is 24.4. The summed E-state index contributed by atoms with van der Waals surface area (Å²) in [6, 6.07) is 16.8. The number of amides is 1. The molecule has 1 aliphatic heterocycles. The van der Waals surface area contributed by atoms with Gasteiger partial charge in [0.05, 0.1) is 12.9 Å². The van der Waals surface area contributed by atoms with Crippen LogP contribution in [0, 0.1) is 0 Å². The maximum Gasteiger partial charge on any atom is 0.248 e. The topological polar surface area (TPSA) is 69.9 Å². The monoisotopic (exact) mass is 489 g/mol. The van der Waals surface area contributed by atoms with Crippen molar-refractivity contribution < 1.29 is 23.4 Å². The Hall–Kier alpha value is -3.90. The molecular formula is C28H24ClNO5. The van der Waals surface area contributed by atoms with Crippen LogP contribution in [0.15, 0.2) is 71.4 Å². The third-order valence-corrected chi connectivity index (χ3v) is 5.96. The fourth-order valence-electron chi connectivity index (χ4n) is 4.06. The van der Waals surface area contributed by atoms with Gasteiger partial charge in [0.15, 0.2) is 11.5 Å². The Morgan fingerprint density at radius 3 is 2.60 bits per heavy atom. The zero-order valence-corrected chi connectivity index (χ0v) is 20.1. The van der Waals surface area contributed by atoms with Gasteiger partial charge in [0.2, 0.25) is 5.91 Å². The van der Waals surface area contributed by atoms with Gasteiger partial charge in [-0.2, -0.15) is 0 Å². The van der Waals surface area contributed by atoms with Gasteiger partial charge in [0, 0.05) is 45.4 Å². The molecule has 0 bridgehead atoms. The van der Waals surface area contributed by atoms with Gasteiger partial charge in [-0.1, -0.05) is 23.7 Å². The molecule has 1 N–H and O–H groups in total. The normalized spacial score (nSPS) is 13.1. The lowest BCUT2D eigenvalue weighted by molar-refractivity contribution is -0.111. The number of hydrogen-bond acceptors (Lipinski definition) is 5. The van der Waals surface area contributed by atoms with Crippen molar-refractivity contribution in [3.05, 3.63) is 77.5 Å². The van der Waals surface area contributed by atoms with E-state index in [0.717, 1.165) is 27.6 Å². The maximum atomic E-state index is 12.8. The molecule has 0 fully saturated rings. The summed E-state index contributed by atoms with van der Waals surface area (Å²) < 4.78 is 22.8. The lowest BCUT2D eigenvalue weighted by Gasteiger charge is -2.18. The van der Waals surface area contributed by atoms with Crippen LogP contribution in [0.3, 0.4) is 0 Å². The molecule has 178 valence electrons. The zero-order valence-electron chi connectivity index (χ0n) is 19.4. The van der Waals surface area contributed by atoms with Gasteiger partial charge in [0.25, 0.3) is 0 Å². The van der Waals surface area contributed by atoms with E-state index in [2.05, 4.69) is 5.32 Å². The van der Waals surface area contributed by atoms with Crippen molar-refractivity contribution in [1.29, 1.82) is 0 Å². The lowest BCUT2D eigenvalue weighted by atomic mass is 9.99. The number of hydrogen-bond donors (Lipinski definition) is 1. The van der Waals surface area contributed by atoms with Gasteiger partial charge >= 0.3 is 0 Å². The highest BCUT2D eigenvalue weighted by Gasteiger charge is 2.16. The number of ether oxygens (including phenoxy) is 3. The molecule has 0 spiro atoms. The maximum absolute atomic E-state index is 12.8. The molecule has 0 atom stereocenters. The molecule has 6 nitrogen and oxygen atoms in total. The quantitative estimate of drug-likeness (QED) is 0.296. The fraction of sp³-hybridized carbons (Fsp3) is 0.179. The summed E-state index contributed by atoms with van der Waals surface area (Å²) in [7, 11) is 0. The first-order chi connectivity index (χ1) is 17.0. The number of carbonyl (C=O) groups is 1. The molecule has 0 saturated heterocycles. The Morgan fingerprint density at radius 1 is 1.06 bits per heavy atom. The summed E-state index contributed by atoms with van der Waals surface area (Å²) in [5, 5.41) is 4.49. The first-order valence-corrected chi connectivity index (χ1v) is 11.7. The minimum absolute atomic E-state index is 0.258. The van der Waals surface area contributed by atoms with E-state index in [1.54, 1.807) is 30.5 Å². The highest BCUT2D eigenvalue weighted by Crippen LogP contribution is 2.38. The van der Waals surface area contributed by atoms with Gasteiger partial charge in [-0.3, -0.25) is 4.79 Å². The Kier molecular flexibility index (Phi) is 6.38. The number of anilines is 1. The third-order valence-electron chi connectivity index (χ3n) is 5.71. The molecule has 0 aliphatic carbocycles. The highest BCUT2D eigenvalue weighted by atomic mass is 35.5. The minimum Gasteiger partial charge on any atom is -0.493 e. The Labute approximate surface area is 208 Å². The van der Waals surface area contributed by atoms with E-state index in [-0.39, 0.29) is 5.91 Å². The van der Waals surface area contributed by atoms with Crippen LogP contribution in [0.5, 0.6) is 17.2 Å². The number of nitrogens with one attached hydrogen (secondary N) is 1. The summed E-state index contributed by atoms with van der Waals surface area (Å²) in [5.74, 6) is 1.69. The van der Waals surface area contributed by atoms with Crippen LogP contribution in [0.2, 0.25) is 5.02 Å². The summed E-state index contributed by atoms with van der Waals surface area (Å²) >= 11 is 6.06. The molecule has 5 rings (SSSR count). The Morgan fingerprint density at radius 2 is 1.83 bits per heavy atom. The SMILES string of the molecule is CCOc1cc2occ(-c3ccc(Cl)cc3)c2cc1/C(C)=C/C(=O)Nc1ccc2c(c1)OCCO2. The molecule has 4 aromatic rings. The average molecular weight is 490 g/mol. The van der Waals surface area contributed by atoms with E-state index in [1.165, 1.54) is 0 Å². The molecule has 1 aliphatic rings. The second-order valence-electron chi connectivity index (χ2n) is 8.11. The van der Waals surface area contributed by atoms with Crippen molar-refractivity contribution in [1.82, 2.24) is 0 Å². The summed E-state index contributed by atoms with van der Waals surface area (Å²) in [4.78, 5) is 12.8. The Balaban J connectivity index is 1.46. The molecule has 0 radical (unpaired) electrons. The van der Waals surface area contributed by atoms with E-state index in [4.69, 9.17) is 30.2 Å². The number of furan rings is 1. The van der Waals surface area contributed by atoms with Crippen molar-refractivity contribution in [2.24, 2.45) is 0 Å². The number of allylic oxidation sites excluding steroid dienone is 1. The van der Waals surface area contributed by atoms with Crippen LogP contribution in [-0.4, -0.2) is 25.7 Å². The van der Waals surface area contributed by atoms with Crippen molar-refractivity contribution in [3.8, 4) is 28.4 Å². The van der Waals surface area contributed by atoms with E-state index in [9.17, 15) is 4.79 Å². The molecule has 2 heterocycles. The lowest BCUT2D eigenvalue weighted by Crippen LogP contribution is -2.16. The molecule has 1 amide bonds. The molecule has 1 aromatic heterocycles. The first-order valence-electron chi connectivity index (χ1n) is 11.3. The van der Waals surface area contributed by atoms with Gasteiger partial charge < -0.3 is 23.9 Å². The standard InChI is InChI=1S/C28H24ClNO5/c1-3-32-25-15-26-22(23(16-35-26)18-4-6-19(29)7-5-18)14-21(25)17(2)12-28(31)30-20-8-9-24-27(13-20)34-11-10-33-24/h4-9,12-16H,3,10-11H2,1-2H3,(H,30,31)/b17-12+. The van der Waals surface area contributed by atoms with Crippen molar-refractivity contribution in [2.45, 2.75) is 13.8 Å². The smallest absolute Gasteiger partial charge is 0.248 e. The van der Waals surface area contributed by atoms with Crippen LogP contribution >= 0.6 is 11.6 Å². The van der Waals surface area contributed by atoms with Gasteiger partial charge in [-0.05, 0) is 55.3 Å². The van der Waals surface area contributed by atoms with Crippen LogP contribution in [0.1, 0.15) is 19.4 Å². The number of rotatable bonds is 6. The van der Waals surface area contributed by atoms with Crippen LogP contribution in [-0.2, 0) is 4.79 Å². The van der Waals surface area contributed by atoms with Crippen molar-refractivity contribution in [3.63, 3.8) is 0 Å². The molecule has 7 heteroatoms. The average Bonchev–Trinajstić information content (AvgIpc) is 3.27. The van der Waals surface area contributed by atoms with Gasteiger partial charge in [-0.15, -0.1) is 0 Å². The van der Waals surface area contributed by atoms with Crippen LogP contribution in [0.25, 0.3) is 27.7 Å².